The molecule has 2 aromatic rings. The molecule has 2 rings (SSSR count). The lowest BCUT2D eigenvalue weighted by Gasteiger charge is -2.19. The number of nitrogens with one attached hydrogen (secondary N) is 2. The zero-order chi connectivity index (χ0) is 29.5. The molecule has 4 nitrogen and oxygen atoms in total. The van der Waals surface area contributed by atoms with E-state index in [2.05, 4.69) is 10.6 Å². The highest BCUT2D eigenvalue weighted by Gasteiger charge is 2.40. The number of carbonyl (C=O) groups is 2. The van der Waals surface area contributed by atoms with Crippen molar-refractivity contribution in [2.75, 3.05) is 12.0 Å². The third-order valence-electron chi connectivity index (χ3n) is 5.27. The summed E-state index contributed by atoms with van der Waals surface area (Å²) < 4.78 is 82.7. The Bertz CT molecular complexity index is 1200. The molecule has 2 atom stereocenters. The van der Waals surface area contributed by atoms with Crippen LogP contribution in [0.2, 0.25) is 15.1 Å². The molecule has 0 aliphatic heterocycles. The van der Waals surface area contributed by atoms with Gasteiger partial charge in [-0.25, -0.2) is 0 Å². The van der Waals surface area contributed by atoms with Gasteiger partial charge in [0.1, 0.15) is 0 Å². The van der Waals surface area contributed by atoms with Crippen molar-refractivity contribution in [1.82, 2.24) is 10.6 Å². The molecular weight excluding hydrogens is 613 g/mol. The van der Waals surface area contributed by atoms with Gasteiger partial charge in [-0.05, 0) is 60.7 Å². The summed E-state index contributed by atoms with van der Waals surface area (Å²) in [5, 5.41) is 4.17. The molecule has 0 aliphatic rings. The minimum absolute atomic E-state index is 0.139. The van der Waals surface area contributed by atoms with Crippen LogP contribution >= 0.6 is 46.6 Å². The number of halogens is 9. The Morgan fingerprint density at radius 3 is 2.15 bits per heavy atom. The molecule has 2 N–H and O–H groups in total. The van der Waals surface area contributed by atoms with Crippen LogP contribution in [0.15, 0.2) is 36.4 Å². The van der Waals surface area contributed by atoms with E-state index in [9.17, 15) is 35.9 Å². The van der Waals surface area contributed by atoms with E-state index in [1.165, 1.54) is 6.92 Å². The fourth-order valence-electron chi connectivity index (χ4n) is 3.47. The van der Waals surface area contributed by atoms with Gasteiger partial charge in [-0.2, -0.15) is 38.1 Å². The minimum atomic E-state index is -5.00. The van der Waals surface area contributed by atoms with Crippen LogP contribution in [-0.2, 0) is 11.0 Å². The van der Waals surface area contributed by atoms with Crippen molar-refractivity contribution in [2.45, 2.75) is 44.2 Å². The number of hydrogen-bond acceptors (Lipinski definition) is 3. The molecule has 0 fully saturated rings. The third-order valence-corrected chi connectivity index (χ3v) is 7.16. The maximum atomic E-state index is 13.8. The Hall–Kier alpha value is -2.08. The van der Waals surface area contributed by atoms with E-state index >= 15 is 0 Å². The van der Waals surface area contributed by atoms with Gasteiger partial charge in [0.2, 0.25) is 5.91 Å². The summed E-state index contributed by atoms with van der Waals surface area (Å²) in [6.45, 7) is 1.39. The average molecular weight is 636 g/mol. The zero-order valence-corrected chi connectivity index (χ0v) is 23.5. The second-order valence-electron chi connectivity index (χ2n) is 8.34. The van der Waals surface area contributed by atoms with Gasteiger partial charge >= 0.3 is 12.4 Å². The van der Waals surface area contributed by atoms with E-state index in [0.29, 0.717) is 18.6 Å². The van der Waals surface area contributed by atoms with Crippen molar-refractivity contribution in [3.63, 3.8) is 0 Å². The molecule has 0 saturated carbocycles. The predicted octanol–water partition coefficient (Wildman–Crippen LogP) is 8.36. The molecule has 0 heterocycles. The maximum Gasteiger partial charge on any atom is 0.417 e. The fraction of sp³-hybridized carbons (Fsp3) is 0.360. The van der Waals surface area contributed by atoms with E-state index < -0.39 is 41.5 Å². The molecular formula is C25H23Cl3F6N2O2S. The summed E-state index contributed by atoms with van der Waals surface area (Å²) in [4.78, 5) is 24.5. The van der Waals surface area contributed by atoms with E-state index in [4.69, 9.17) is 34.8 Å². The molecule has 0 spiro atoms. The third kappa shape index (κ3) is 9.81. The molecule has 2 aromatic carbocycles. The normalized spacial score (nSPS) is 13.8. The largest absolute Gasteiger partial charge is 0.417 e. The van der Waals surface area contributed by atoms with Gasteiger partial charge in [0.15, 0.2) is 0 Å². The van der Waals surface area contributed by atoms with Crippen LogP contribution in [0, 0.1) is 0 Å². The zero-order valence-electron chi connectivity index (χ0n) is 20.4. The summed E-state index contributed by atoms with van der Waals surface area (Å²) in [5.41, 5.74) is -2.72. The molecule has 2 amide bonds. The number of allylic oxidation sites excluding steroid dienone is 1. The topological polar surface area (TPSA) is 58.2 Å². The van der Waals surface area contributed by atoms with Crippen molar-refractivity contribution < 1.29 is 35.9 Å². The first kappa shape index (κ1) is 33.1. The first-order valence-electron chi connectivity index (χ1n) is 11.2. The van der Waals surface area contributed by atoms with Gasteiger partial charge in [-0.1, -0.05) is 53.0 Å². The molecule has 14 heteroatoms. The summed E-state index contributed by atoms with van der Waals surface area (Å²) in [6.07, 6.45) is -6.65. The van der Waals surface area contributed by atoms with Crippen molar-refractivity contribution in [3.05, 3.63) is 73.7 Å². The Morgan fingerprint density at radius 2 is 1.62 bits per heavy atom. The van der Waals surface area contributed by atoms with E-state index in [-0.39, 0.29) is 38.5 Å². The summed E-state index contributed by atoms with van der Waals surface area (Å²) in [5.74, 6) is -3.01. The van der Waals surface area contributed by atoms with Gasteiger partial charge in [0, 0.05) is 6.42 Å². The van der Waals surface area contributed by atoms with Crippen LogP contribution in [0.4, 0.5) is 26.3 Å². The Kier molecular flexibility index (Phi) is 11.9. The lowest BCUT2D eigenvalue weighted by molar-refractivity contribution is -0.139. The van der Waals surface area contributed by atoms with Crippen LogP contribution in [0.3, 0.4) is 0 Å². The van der Waals surface area contributed by atoms with Crippen LogP contribution in [0.1, 0.15) is 52.7 Å². The Labute approximate surface area is 240 Å². The van der Waals surface area contributed by atoms with Crippen LogP contribution < -0.4 is 10.6 Å². The molecule has 214 valence electrons. The summed E-state index contributed by atoms with van der Waals surface area (Å²) >= 11 is 19.0. The van der Waals surface area contributed by atoms with E-state index in [1.807, 2.05) is 6.26 Å². The SMILES string of the molecule is CSCCCC(=O)N[C@@H](C)NC(=O)c1ccc(/C=C/C(c2cc(Cl)c(Cl)c(Cl)c2)C(F)(F)F)cc1C(F)(F)F. The highest BCUT2D eigenvalue weighted by molar-refractivity contribution is 7.98. The van der Waals surface area contributed by atoms with Crippen LogP contribution in [0.25, 0.3) is 6.08 Å². The highest BCUT2D eigenvalue weighted by atomic mass is 35.5. The maximum absolute atomic E-state index is 13.8. The lowest BCUT2D eigenvalue weighted by atomic mass is 9.96. The van der Waals surface area contributed by atoms with E-state index in [1.54, 1.807) is 11.8 Å². The standard InChI is InChI=1S/C25H23Cl3F6N2O2S/c1-13(35-21(37)4-3-9-39-2)36-23(38)16-7-5-14(10-18(16)25(32,33)34)6-8-17(24(29,30)31)15-11-19(26)22(28)20(27)12-15/h5-8,10-13,17H,3-4,9H2,1-2H3,(H,35,37)(H,36,38)/b8-6+/t13-,17?/m1/s1. The quantitative estimate of drug-likeness (QED) is 0.119. The average Bonchev–Trinajstić information content (AvgIpc) is 2.81. The van der Waals surface area contributed by atoms with Gasteiger partial charge < -0.3 is 10.6 Å². The first-order chi connectivity index (χ1) is 18.0. The van der Waals surface area contributed by atoms with Crippen molar-refractivity contribution in [3.8, 4) is 0 Å². The highest BCUT2D eigenvalue weighted by Crippen LogP contribution is 2.41. The number of amides is 2. The second kappa shape index (κ2) is 14.0. The lowest BCUT2D eigenvalue weighted by Crippen LogP contribution is -2.46. The summed E-state index contributed by atoms with van der Waals surface area (Å²) in [7, 11) is 0. The van der Waals surface area contributed by atoms with Crippen molar-refractivity contribution >= 4 is 64.5 Å². The van der Waals surface area contributed by atoms with Gasteiger partial charge in [0.25, 0.3) is 5.91 Å². The van der Waals surface area contributed by atoms with Crippen LogP contribution in [-0.4, -0.2) is 36.2 Å². The number of thioether (sulfide) groups is 1. The number of carbonyl (C=O) groups excluding carboxylic acids is 2. The van der Waals surface area contributed by atoms with Crippen molar-refractivity contribution in [2.24, 2.45) is 0 Å². The number of alkyl halides is 6. The van der Waals surface area contributed by atoms with Crippen LogP contribution in [0.5, 0.6) is 0 Å². The second-order valence-corrected chi connectivity index (χ2v) is 10.5. The van der Waals surface area contributed by atoms with Gasteiger partial charge in [0.05, 0.1) is 38.3 Å². The van der Waals surface area contributed by atoms with Crippen molar-refractivity contribution in [1.29, 1.82) is 0 Å². The first-order valence-corrected chi connectivity index (χ1v) is 13.8. The molecule has 0 radical (unpaired) electrons. The number of hydrogen-bond donors (Lipinski definition) is 2. The van der Waals surface area contributed by atoms with Gasteiger partial charge in [-0.3, -0.25) is 9.59 Å². The fourth-order valence-corrected chi connectivity index (χ4v) is 4.52. The molecule has 1 unspecified atom stereocenters. The smallest absolute Gasteiger partial charge is 0.336 e. The molecule has 0 bridgehead atoms. The Balaban J connectivity index is 2.32. The number of benzene rings is 2. The number of rotatable bonds is 10. The monoisotopic (exact) mass is 634 g/mol. The minimum Gasteiger partial charge on any atom is -0.336 e. The molecule has 0 aliphatic carbocycles. The molecule has 0 aromatic heterocycles. The van der Waals surface area contributed by atoms with E-state index in [0.717, 1.165) is 36.1 Å². The molecule has 0 saturated heterocycles. The van der Waals surface area contributed by atoms with Gasteiger partial charge in [-0.15, -0.1) is 0 Å². The molecule has 39 heavy (non-hydrogen) atoms. The predicted molar refractivity (Wildman–Crippen MR) is 143 cm³/mol. The Morgan fingerprint density at radius 1 is 1.00 bits per heavy atom. The summed E-state index contributed by atoms with van der Waals surface area (Å²) in [6, 6.07) is 4.42.